The SMILES string of the molecule is Cc1cc(N2CCc3ccccc3C2)ccc1C(=O)O. The van der Waals surface area contributed by atoms with Gasteiger partial charge in [-0.2, -0.15) is 0 Å². The van der Waals surface area contributed by atoms with Gasteiger partial charge in [-0.15, -0.1) is 0 Å². The Morgan fingerprint density at radius 1 is 1.15 bits per heavy atom. The molecule has 0 fully saturated rings. The molecule has 20 heavy (non-hydrogen) atoms. The number of carboxylic acids is 1. The molecular formula is C17H17NO2. The van der Waals surface area contributed by atoms with E-state index in [2.05, 4.69) is 29.2 Å². The van der Waals surface area contributed by atoms with Gasteiger partial charge in [0.1, 0.15) is 0 Å². The number of anilines is 1. The Labute approximate surface area is 118 Å². The Hall–Kier alpha value is -2.29. The minimum atomic E-state index is -0.863. The molecule has 3 rings (SSSR count). The van der Waals surface area contributed by atoms with Crippen LogP contribution in [0.1, 0.15) is 27.0 Å². The van der Waals surface area contributed by atoms with Crippen LogP contribution in [0.5, 0.6) is 0 Å². The predicted molar refractivity (Wildman–Crippen MR) is 79.3 cm³/mol. The van der Waals surface area contributed by atoms with Crippen LogP contribution < -0.4 is 4.90 Å². The lowest BCUT2D eigenvalue weighted by Crippen LogP contribution is -2.30. The Morgan fingerprint density at radius 2 is 1.90 bits per heavy atom. The van der Waals surface area contributed by atoms with Gasteiger partial charge in [0, 0.05) is 18.8 Å². The molecule has 0 unspecified atom stereocenters. The van der Waals surface area contributed by atoms with Gasteiger partial charge in [0.15, 0.2) is 0 Å². The summed E-state index contributed by atoms with van der Waals surface area (Å²) in [5, 5.41) is 9.08. The van der Waals surface area contributed by atoms with Crippen LogP contribution in [0, 0.1) is 6.92 Å². The van der Waals surface area contributed by atoms with Gasteiger partial charge >= 0.3 is 5.97 Å². The molecule has 0 aliphatic carbocycles. The van der Waals surface area contributed by atoms with E-state index >= 15 is 0 Å². The fourth-order valence-electron chi connectivity index (χ4n) is 2.80. The lowest BCUT2D eigenvalue weighted by atomic mass is 9.99. The molecule has 2 aromatic rings. The van der Waals surface area contributed by atoms with E-state index in [1.54, 1.807) is 6.07 Å². The Bertz CT molecular complexity index is 664. The largest absolute Gasteiger partial charge is 0.478 e. The summed E-state index contributed by atoms with van der Waals surface area (Å²) in [6.07, 6.45) is 1.04. The molecule has 0 amide bonds. The Balaban J connectivity index is 1.88. The number of nitrogens with zero attached hydrogens (tertiary/aromatic N) is 1. The van der Waals surface area contributed by atoms with E-state index in [0.29, 0.717) is 5.56 Å². The van der Waals surface area contributed by atoms with E-state index < -0.39 is 5.97 Å². The number of benzene rings is 2. The summed E-state index contributed by atoms with van der Waals surface area (Å²) in [6.45, 7) is 3.72. The van der Waals surface area contributed by atoms with Crippen LogP contribution in [0.4, 0.5) is 5.69 Å². The molecule has 0 saturated carbocycles. The zero-order valence-electron chi connectivity index (χ0n) is 11.5. The number of rotatable bonds is 2. The summed E-state index contributed by atoms with van der Waals surface area (Å²) < 4.78 is 0. The fourth-order valence-corrected chi connectivity index (χ4v) is 2.80. The average molecular weight is 267 g/mol. The number of hydrogen-bond donors (Lipinski definition) is 1. The molecule has 0 saturated heterocycles. The first-order chi connectivity index (χ1) is 9.65. The fraction of sp³-hybridized carbons (Fsp3) is 0.235. The molecule has 0 spiro atoms. The molecule has 2 aromatic carbocycles. The lowest BCUT2D eigenvalue weighted by molar-refractivity contribution is 0.0696. The molecular weight excluding hydrogens is 250 g/mol. The summed E-state index contributed by atoms with van der Waals surface area (Å²) in [5.41, 5.74) is 5.07. The maximum Gasteiger partial charge on any atom is 0.335 e. The first-order valence-corrected chi connectivity index (χ1v) is 6.81. The molecule has 3 heteroatoms. The Kier molecular flexibility index (Phi) is 3.18. The number of carboxylic acid groups (broad SMARTS) is 1. The molecule has 1 aliphatic rings. The minimum absolute atomic E-state index is 0.381. The van der Waals surface area contributed by atoms with E-state index in [1.165, 1.54) is 11.1 Å². The molecule has 0 radical (unpaired) electrons. The highest BCUT2D eigenvalue weighted by atomic mass is 16.4. The topological polar surface area (TPSA) is 40.5 Å². The monoisotopic (exact) mass is 267 g/mol. The van der Waals surface area contributed by atoms with E-state index in [4.69, 9.17) is 5.11 Å². The average Bonchev–Trinajstić information content (AvgIpc) is 2.46. The van der Waals surface area contributed by atoms with Gasteiger partial charge in [0.2, 0.25) is 0 Å². The normalized spacial score (nSPS) is 13.9. The summed E-state index contributed by atoms with van der Waals surface area (Å²) in [7, 11) is 0. The molecule has 0 atom stereocenters. The highest BCUT2D eigenvalue weighted by Crippen LogP contribution is 2.26. The predicted octanol–water partition coefficient (Wildman–Crippen LogP) is 3.26. The maximum atomic E-state index is 11.1. The third kappa shape index (κ3) is 2.27. The van der Waals surface area contributed by atoms with Crippen molar-refractivity contribution in [3.05, 3.63) is 64.7 Å². The first-order valence-electron chi connectivity index (χ1n) is 6.81. The second kappa shape index (κ2) is 5.00. The van der Waals surface area contributed by atoms with Gasteiger partial charge in [-0.25, -0.2) is 4.79 Å². The van der Waals surface area contributed by atoms with Crippen molar-refractivity contribution >= 4 is 11.7 Å². The molecule has 0 aromatic heterocycles. The molecule has 3 nitrogen and oxygen atoms in total. The Morgan fingerprint density at radius 3 is 2.60 bits per heavy atom. The van der Waals surface area contributed by atoms with Crippen molar-refractivity contribution in [1.29, 1.82) is 0 Å². The van der Waals surface area contributed by atoms with Crippen LogP contribution in [-0.4, -0.2) is 17.6 Å². The zero-order chi connectivity index (χ0) is 14.1. The van der Waals surface area contributed by atoms with E-state index in [0.717, 1.165) is 30.8 Å². The summed E-state index contributed by atoms with van der Waals surface area (Å²) in [4.78, 5) is 13.4. The minimum Gasteiger partial charge on any atom is -0.478 e. The van der Waals surface area contributed by atoms with Crippen molar-refractivity contribution in [3.8, 4) is 0 Å². The molecule has 1 N–H and O–H groups in total. The maximum absolute atomic E-state index is 11.1. The number of carbonyl (C=O) groups is 1. The number of hydrogen-bond acceptors (Lipinski definition) is 2. The van der Waals surface area contributed by atoms with Crippen LogP contribution in [0.2, 0.25) is 0 Å². The highest BCUT2D eigenvalue weighted by molar-refractivity contribution is 5.89. The van der Waals surface area contributed by atoms with Gasteiger partial charge < -0.3 is 10.0 Å². The summed E-state index contributed by atoms with van der Waals surface area (Å²) in [6, 6.07) is 14.1. The standard InChI is InChI=1S/C17H17NO2/c1-12-10-15(6-7-16(12)17(19)20)18-9-8-13-4-2-3-5-14(13)11-18/h2-7,10H,8-9,11H2,1H3,(H,19,20). The number of fused-ring (bicyclic) bond motifs is 1. The van der Waals surface area contributed by atoms with Crippen LogP contribution in [0.3, 0.4) is 0 Å². The van der Waals surface area contributed by atoms with Crippen molar-refractivity contribution in [2.24, 2.45) is 0 Å². The number of aromatic carboxylic acids is 1. The van der Waals surface area contributed by atoms with Crippen molar-refractivity contribution in [3.63, 3.8) is 0 Å². The molecule has 1 aliphatic heterocycles. The highest BCUT2D eigenvalue weighted by Gasteiger charge is 2.17. The second-order valence-corrected chi connectivity index (χ2v) is 5.24. The smallest absolute Gasteiger partial charge is 0.335 e. The third-order valence-electron chi connectivity index (χ3n) is 3.94. The van der Waals surface area contributed by atoms with Gasteiger partial charge in [-0.05, 0) is 48.2 Å². The lowest BCUT2D eigenvalue weighted by Gasteiger charge is -2.31. The van der Waals surface area contributed by atoms with Crippen molar-refractivity contribution in [2.75, 3.05) is 11.4 Å². The van der Waals surface area contributed by atoms with Crippen molar-refractivity contribution in [2.45, 2.75) is 19.9 Å². The van der Waals surface area contributed by atoms with Crippen molar-refractivity contribution in [1.82, 2.24) is 0 Å². The number of aryl methyl sites for hydroxylation is 1. The van der Waals surface area contributed by atoms with E-state index in [9.17, 15) is 4.79 Å². The quantitative estimate of drug-likeness (QED) is 0.908. The van der Waals surface area contributed by atoms with E-state index in [-0.39, 0.29) is 0 Å². The van der Waals surface area contributed by atoms with Gasteiger partial charge in [-0.3, -0.25) is 0 Å². The molecule has 0 bridgehead atoms. The van der Waals surface area contributed by atoms with Crippen LogP contribution >= 0.6 is 0 Å². The second-order valence-electron chi connectivity index (χ2n) is 5.24. The molecule has 102 valence electrons. The third-order valence-corrected chi connectivity index (χ3v) is 3.94. The van der Waals surface area contributed by atoms with Gasteiger partial charge in [0.05, 0.1) is 5.56 Å². The summed E-state index contributed by atoms with van der Waals surface area (Å²) in [5.74, 6) is -0.863. The summed E-state index contributed by atoms with van der Waals surface area (Å²) >= 11 is 0. The van der Waals surface area contributed by atoms with Crippen LogP contribution in [-0.2, 0) is 13.0 Å². The van der Waals surface area contributed by atoms with Crippen molar-refractivity contribution < 1.29 is 9.90 Å². The van der Waals surface area contributed by atoms with Crippen LogP contribution in [0.15, 0.2) is 42.5 Å². The zero-order valence-corrected chi connectivity index (χ0v) is 11.5. The van der Waals surface area contributed by atoms with Crippen LogP contribution in [0.25, 0.3) is 0 Å². The van der Waals surface area contributed by atoms with Gasteiger partial charge in [-0.1, -0.05) is 24.3 Å². The van der Waals surface area contributed by atoms with Gasteiger partial charge in [0.25, 0.3) is 0 Å². The van der Waals surface area contributed by atoms with E-state index in [1.807, 2.05) is 19.1 Å². The molecule has 1 heterocycles. The first kappa shape index (κ1) is 12.7.